The second-order valence-corrected chi connectivity index (χ2v) is 4.09. The predicted octanol–water partition coefficient (Wildman–Crippen LogP) is 3.09. The number of hydrogen-bond acceptors (Lipinski definition) is 3. The number of pyridine rings is 1. The Morgan fingerprint density at radius 1 is 1.21 bits per heavy atom. The summed E-state index contributed by atoms with van der Waals surface area (Å²) in [6.07, 6.45) is 0. The van der Waals surface area contributed by atoms with Crippen LogP contribution < -0.4 is 4.74 Å². The molecule has 3 rings (SSSR count). The van der Waals surface area contributed by atoms with Crippen LogP contribution in [0.2, 0.25) is 0 Å². The van der Waals surface area contributed by atoms with Crippen LogP contribution in [0, 0.1) is 0 Å². The SMILES string of the molecule is [2H]C([2H])([2H])Oc1ccc2nc3ccccc3c(C(=O)O)c2c1. The first kappa shape index (κ1) is 8.48. The standard InChI is InChI=1S/C15H11NO3/c1-19-9-6-7-13-11(8-9)14(15(17)18)10-4-2-3-5-12(10)16-13/h2-8H,1H3,(H,17,18)/i1D3. The van der Waals surface area contributed by atoms with Crippen molar-refractivity contribution in [1.82, 2.24) is 4.98 Å². The lowest BCUT2D eigenvalue weighted by Crippen LogP contribution is -2.01. The Kier molecular flexibility index (Phi) is 1.89. The molecule has 0 aliphatic heterocycles. The first-order valence-corrected chi connectivity index (χ1v) is 5.60. The lowest BCUT2D eigenvalue weighted by molar-refractivity contribution is 0.0701. The third kappa shape index (κ3) is 1.78. The van der Waals surface area contributed by atoms with Gasteiger partial charge in [0, 0.05) is 10.8 Å². The van der Waals surface area contributed by atoms with E-state index < -0.39 is 13.0 Å². The number of fused-ring (bicyclic) bond motifs is 2. The number of hydrogen-bond donors (Lipinski definition) is 1. The van der Waals surface area contributed by atoms with Crippen molar-refractivity contribution >= 4 is 27.8 Å². The molecule has 0 spiro atoms. The predicted molar refractivity (Wildman–Crippen MR) is 72.8 cm³/mol. The molecular formula is C15H11NO3. The van der Waals surface area contributed by atoms with Crippen molar-refractivity contribution in [2.45, 2.75) is 0 Å². The number of ether oxygens (including phenoxy) is 1. The summed E-state index contributed by atoms with van der Waals surface area (Å²) in [5.41, 5.74) is 1.11. The summed E-state index contributed by atoms with van der Waals surface area (Å²) in [5.74, 6) is -1.03. The van der Waals surface area contributed by atoms with Crippen LogP contribution in [-0.2, 0) is 0 Å². The third-order valence-electron chi connectivity index (χ3n) is 2.98. The minimum absolute atomic E-state index is 0.0760. The number of nitrogens with zero attached hydrogens (tertiary/aromatic N) is 1. The fraction of sp³-hybridized carbons (Fsp3) is 0.0667. The Hall–Kier alpha value is -2.62. The molecule has 0 aliphatic rings. The average Bonchev–Trinajstić information content (AvgIpc) is 2.42. The maximum atomic E-state index is 11.6. The van der Waals surface area contributed by atoms with Gasteiger partial charge in [-0.15, -0.1) is 0 Å². The number of carboxylic acids is 1. The highest BCUT2D eigenvalue weighted by atomic mass is 16.5. The van der Waals surface area contributed by atoms with Crippen molar-refractivity contribution in [3.8, 4) is 5.75 Å². The topological polar surface area (TPSA) is 59.4 Å². The van der Waals surface area contributed by atoms with Crippen LogP contribution in [0.3, 0.4) is 0 Å². The largest absolute Gasteiger partial charge is 0.497 e. The van der Waals surface area contributed by atoms with Crippen molar-refractivity contribution in [1.29, 1.82) is 0 Å². The van der Waals surface area contributed by atoms with E-state index >= 15 is 0 Å². The maximum Gasteiger partial charge on any atom is 0.337 e. The van der Waals surface area contributed by atoms with E-state index in [1.807, 2.05) is 0 Å². The van der Waals surface area contributed by atoms with Crippen molar-refractivity contribution in [2.24, 2.45) is 0 Å². The van der Waals surface area contributed by atoms with Gasteiger partial charge < -0.3 is 9.84 Å². The molecule has 0 fully saturated rings. The molecular weight excluding hydrogens is 242 g/mol. The fourth-order valence-corrected chi connectivity index (χ4v) is 2.16. The molecule has 94 valence electrons. The summed E-state index contributed by atoms with van der Waals surface area (Å²) in [5, 5.41) is 10.4. The number of para-hydroxylation sites is 1. The second-order valence-electron chi connectivity index (χ2n) is 4.09. The molecule has 1 aromatic heterocycles. The molecule has 1 heterocycles. The van der Waals surface area contributed by atoms with Crippen LogP contribution >= 0.6 is 0 Å². The van der Waals surface area contributed by atoms with E-state index in [9.17, 15) is 9.90 Å². The summed E-state index contributed by atoms with van der Waals surface area (Å²) in [4.78, 5) is 16.0. The maximum absolute atomic E-state index is 11.6. The first-order valence-electron chi connectivity index (χ1n) is 7.10. The molecule has 0 saturated heterocycles. The highest BCUT2D eigenvalue weighted by Gasteiger charge is 2.15. The molecule has 0 radical (unpaired) electrons. The van der Waals surface area contributed by atoms with E-state index in [0.717, 1.165) is 0 Å². The quantitative estimate of drug-likeness (QED) is 0.716. The zero-order valence-electron chi connectivity index (χ0n) is 12.8. The number of carbonyl (C=O) groups is 1. The van der Waals surface area contributed by atoms with E-state index in [0.29, 0.717) is 21.8 Å². The van der Waals surface area contributed by atoms with E-state index in [-0.39, 0.29) is 11.3 Å². The minimum atomic E-state index is -2.60. The van der Waals surface area contributed by atoms with Gasteiger partial charge in [0.25, 0.3) is 0 Å². The fourth-order valence-electron chi connectivity index (χ4n) is 2.16. The van der Waals surface area contributed by atoms with Gasteiger partial charge in [-0.1, -0.05) is 18.2 Å². The van der Waals surface area contributed by atoms with Gasteiger partial charge in [0.2, 0.25) is 0 Å². The van der Waals surface area contributed by atoms with Crippen molar-refractivity contribution < 1.29 is 18.8 Å². The number of rotatable bonds is 2. The lowest BCUT2D eigenvalue weighted by Gasteiger charge is -2.08. The average molecular weight is 256 g/mol. The molecule has 3 aromatic rings. The number of carboxylic acid groups (broad SMARTS) is 1. The Bertz CT molecular complexity index is 890. The highest BCUT2D eigenvalue weighted by Crippen LogP contribution is 2.28. The van der Waals surface area contributed by atoms with Crippen LogP contribution in [0.25, 0.3) is 21.8 Å². The van der Waals surface area contributed by atoms with Crippen LogP contribution in [0.4, 0.5) is 0 Å². The molecule has 4 heteroatoms. The Labute approximate surface area is 113 Å². The summed E-state index contributed by atoms with van der Waals surface area (Å²) in [6.45, 7) is 0. The molecule has 2 aromatic carbocycles. The van der Waals surface area contributed by atoms with Crippen LogP contribution in [0.1, 0.15) is 14.5 Å². The van der Waals surface area contributed by atoms with E-state index in [2.05, 4.69) is 4.98 Å². The van der Waals surface area contributed by atoms with Gasteiger partial charge in [0.1, 0.15) is 5.75 Å². The Morgan fingerprint density at radius 2 is 2.00 bits per heavy atom. The molecule has 0 amide bonds. The van der Waals surface area contributed by atoms with Gasteiger partial charge in [0.15, 0.2) is 0 Å². The Balaban J connectivity index is 2.32. The van der Waals surface area contributed by atoms with Crippen molar-refractivity contribution in [2.75, 3.05) is 7.04 Å². The monoisotopic (exact) mass is 256 g/mol. The van der Waals surface area contributed by atoms with Gasteiger partial charge in [0.05, 0.1) is 27.7 Å². The minimum Gasteiger partial charge on any atom is -0.497 e. The van der Waals surface area contributed by atoms with Gasteiger partial charge in [-0.05, 0) is 24.3 Å². The summed E-state index contributed by atoms with van der Waals surface area (Å²) in [6, 6.07) is 11.3. The highest BCUT2D eigenvalue weighted by molar-refractivity contribution is 6.13. The summed E-state index contributed by atoms with van der Waals surface area (Å²) in [7, 11) is -2.60. The zero-order valence-corrected chi connectivity index (χ0v) is 9.75. The van der Waals surface area contributed by atoms with Gasteiger partial charge >= 0.3 is 5.97 Å². The second kappa shape index (κ2) is 4.24. The lowest BCUT2D eigenvalue weighted by atomic mass is 10.0. The van der Waals surface area contributed by atoms with Crippen LogP contribution in [0.15, 0.2) is 42.5 Å². The molecule has 0 atom stereocenters. The van der Waals surface area contributed by atoms with Crippen molar-refractivity contribution in [3.05, 3.63) is 48.0 Å². The number of methoxy groups -OCH3 is 1. The number of aromatic carboxylic acids is 1. The summed E-state index contributed by atoms with van der Waals surface area (Å²) < 4.78 is 26.2. The van der Waals surface area contributed by atoms with E-state index in [1.165, 1.54) is 12.1 Å². The van der Waals surface area contributed by atoms with E-state index in [1.54, 1.807) is 30.3 Å². The molecule has 0 bridgehead atoms. The third-order valence-corrected chi connectivity index (χ3v) is 2.98. The molecule has 0 unspecified atom stereocenters. The Morgan fingerprint density at radius 3 is 2.79 bits per heavy atom. The van der Waals surface area contributed by atoms with E-state index in [4.69, 9.17) is 8.85 Å². The zero-order chi connectivity index (χ0) is 15.9. The molecule has 0 saturated carbocycles. The molecule has 0 aliphatic carbocycles. The van der Waals surface area contributed by atoms with Crippen LogP contribution in [0.5, 0.6) is 5.75 Å². The van der Waals surface area contributed by atoms with Crippen molar-refractivity contribution in [3.63, 3.8) is 0 Å². The van der Waals surface area contributed by atoms with Gasteiger partial charge in [-0.2, -0.15) is 0 Å². The van der Waals surface area contributed by atoms with Gasteiger partial charge in [-0.3, -0.25) is 0 Å². The number of aromatic nitrogens is 1. The normalized spacial score (nSPS) is 13.8. The van der Waals surface area contributed by atoms with Gasteiger partial charge in [-0.25, -0.2) is 9.78 Å². The molecule has 4 nitrogen and oxygen atoms in total. The smallest absolute Gasteiger partial charge is 0.337 e. The first-order chi connectivity index (χ1) is 10.3. The summed E-state index contributed by atoms with van der Waals surface area (Å²) >= 11 is 0. The molecule has 1 N–H and O–H groups in total. The number of benzene rings is 2. The molecule has 19 heavy (non-hydrogen) atoms. The van der Waals surface area contributed by atoms with Crippen LogP contribution in [-0.4, -0.2) is 23.1 Å².